The lowest BCUT2D eigenvalue weighted by atomic mass is 10.2. The highest BCUT2D eigenvalue weighted by molar-refractivity contribution is 5.84. The molecule has 1 aromatic carbocycles. The molecule has 0 saturated carbocycles. The molecule has 0 radical (unpaired) electrons. The van der Waals surface area contributed by atoms with Gasteiger partial charge in [0.15, 0.2) is 5.82 Å². The third-order valence-corrected chi connectivity index (χ3v) is 2.85. The Morgan fingerprint density at radius 1 is 1.53 bits per heavy atom. The van der Waals surface area contributed by atoms with Gasteiger partial charge >= 0.3 is 0 Å². The van der Waals surface area contributed by atoms with Gasteiger partial charge in [-0.1, -0.05) is 0 Å². The first kappa shape index (κ1) is 8.71. The fourth-order valence-electron chi connectivity index (χ4n) is 2.19. The van der Waals surface area contributed by atoms with Gasteiger partial charge in [-0.25, -0.2) is 9.37 Å². The third kappa shape index (κ3) is 1.02. The Kier molecular flexibility index (Phi) is 1.58. The second kappa shape index (κ2) is 2.72. The Hall–Kier alpha value is -1.58. The predicted molar refractivity (Wildman–Crippen MR) is 54.6 cm³/mol. The minimum Gasteiger partial charge on any atom is -0.489 e. The van der Waals surface area contributed by atoms with Gasteiger partial charge in [0.05, 0.1) is 6.04 Å². The van der Waals surface area contributed by atoms with Gasteiger partial charge < -0.3 is 9.30 Å². The first-order valence-electron chi connectivity index (χ1n) is 4.98. The van der Waals surface area contributed by atoms with Crippen molar-refractivity contribution in [1.29, 1.82) is 0 Å². The molecule has 0 unspecified atom stereocenters. The van der Waals surface area contributed by atoms with Crippen LogP contribution in [0.4, 0.5) is 4.39 Å². The minimum atomic E-state index is -0.284. The number of ether oxygens (including phenoxy) is 1. The molecule has 78 valence electrons. The summed E-state index contributed by atoms with van der Waals surface area (Å²) in [4.78, 5) is 4.24. The predicted octanol–water partition coefficient (Wildman–Crippen LogP) is 2.44. The smallest absolute Gasteiger partial charge is 0.151 e. The van der Waals surface area contributed by atoms with E-state index in [4.69, 9.17) is 4.74 Å². The van der Waals surface area contributed by atoms with E-state index >= 15 is 0 Å². The topological polar surface area (TPSA) is 27.1 Å². The first-order chi connectivity index (χ1) is 7.18. The number of hydrogen-bond acceptors (Lipinski definition) is 2. The Morgan fingerprint density at radius 3 is 3.13 bits per heavy atom. The van der Waals surface area contributed by atoms with Crippen molar-refractivity contribution in [2.75, 3.05) is 6.61 Å². The maximum absolute atomic E-state index is 13.5. The molecule has 0 amide bonds. The fourth-order valence-corrected chi connectivity index (χ4v) is 2.19. The Balaban J connectivity index is 2.49. The zero-order chi connectivity index (χ0) is 10.6. The quantitative estimate of drug-likeness (QED) is 0.662. The van der Waals surface area contributed by atoms with Crippen LogP contribution in [-0.2, 0) is 0 Å². The number of halogens is 1. The van der Waals surface area contributed by atoms with E-state index in [1.165, 1.54) is 6.07 Å². The van der Waals surface area contributed by atoms with Gasteiger partial charge in [-0.05, 0) is 26.0 Å². The van der Waals surface area contributed by atoms with Gasteiger partial charge in [-0.15, -0.1) is 0 Å². The normalized spacial score (nSPS) is 19.3. The van der Waals surface area contributed by atoms with Gasteiger partial charge in [-0.3, -0.25) is 0 Å². The second-order valence-electron chi connectivity index (χ2n) is 3.93. The number of hydrogen-bond donors (Lipinski definition) is 0. The van der Waals surface area contributed by atoms with Crippen LogP contribution in [0.25, 0.3) is 11.0 Å². The van der Waals surface area contributed by atoms with Crippen molar-refractivity contribution >= 4 is 11.0 Å². The molecule has 1 atom stereocenters. The standard InChI is InChI=1S/C11H11FN2O/c1-6-5-15-9-4-3-8(12)10-11(9)14(6)7(2)13-10/h3-4,6H,5H2,1-2H3/t6-/m1/s1. The molecular formula is C11H11FN2O. The molecule has 1 aliphatic rings. The van der Waals surface area contributed by atoms with E-state index in [1.807, 2.05) is 18.4 Å². The largest absolute Gasteiger partial charge is 0.489 e. The third-order valence-electron chi connectivity index (χ3n) is 2.85. The van der Waals surface area contributed by atoms with E-state index in [9.17, 15) is 4.39 Å². The van der Waals surface area contributed by atoms with Crippen LogP contribution in [0.2, 0.25) is 0 Å². The second-order valence-corrected chi connectivity index (χ2v) is 3.93. The van der Waals surface area contributed by atoms with E-state index < -0.39 is 0 Å². The summed E-state index contributed by atoms with van der Waals surface area (Å²) in [7, 11) is 0. The Labute approximate surface area is 86.5 Å². The van der Waals surface area contributed by atoms with E-state index in [2.05, 4.69) is 4.98 Å². The molecule has 1 aliphatic heterocycles. The summed E-state index contributed by atoms with van der Waals surface area (Å²) < 4.78 is 21.1. The van der Waals surface area contributed by atoms with Gasteiger partial charge in [0.2, 0.25) is 0 Å². The Morgan fingerprint density at radius 2 is 2.33 bits per heavy atom. The number of aryl methyl sites for hydroxylation is 1. The molecule has 0 bridgehead atoms. The minimum absolute atomic E-state index is 0.212. The van der Waals surface area contributed by atoms with Crippen molar-refractivity contribution in [2.45, 2.75) is 19.9 Å². The van der Waals surface area contributed by atoms with Gasteiger partial charge in [-0.2, -0.15) is 0 Å². The van der Waals surface area contributed by atoms with Crippen LogP contribution < -0.4 is 4.74 Å². The highest BCUT2D eigenvalue weighted by atomic mass is 19.1. The lowest BCUT2D eigenvalue weighted by Gasteiger charge is -2.23. The molecule has 15 heavy (non-hydrogen) atoms. The maximum Gasteiger partial charge on any atom is 0.151 e. The molecule has 3 nitrogen and oxygen atoms in total. The van der Waals surface area contributed by atoms with Crippen LogP contribution >= 0.6 is 0 Å². The zero-order valence-corrected chi connectivity index (χ0v) is 8.62. The van der Waals surface area contributed by atoms with Crippen molar-refractivity contribution < 1.29 is 9.13 Å². The molecule has 2 aromatic rings. The zero-order valence-electron chi connectivity index (χ0n) is 8.62. The van der Waals surface area contributed by atoms with Gasteiger partial charge in [0.1, 0.15) is 29.2 Å². The number of aromatic nitrogens is 2. The summed E-state index contributed by atoms with van der Waals surface area (Å²) in [6.45, 7) is 4.55. The summed E-state index contributed by atoms with van der Waals surface area (Å²) in [6, 6.07) is 3.29. The van der Waals surface area contributed by atoms with Gasteiger partial charge in [0.25, 0.3) is 0 Å². The van der Waals surface area contributed by atoms with Crippen LogP contribution in [0.15, 0.2) is 12.1 Å². The molecule has 1 aromatic heterocycles. The van der Waals surface area contributed by atoms with Crippen LogP contribution in [0.5, 0.6) is 5.75 Å². The van der Waals surface area contributed by atoms with Crippen molar-refractivity contribution in [2.24, 2.45) is 0 Å². The van der Waals surface area contributed by atoms with E-state index in [1.54, 1.807) is 6.07 Å². The molecule has 0 fully saturated rings. The lowest BCUT2D eigenvalue weighted by molar-refractivity contribution is 0.246. The summed E-state index contributed by atoms with van der Waals surface area (Å²) in [6.07, 6.45) is 0. The summed E-state index contributed by atoms with van der Waals surface area (Å²) in [5, 5.41) is 0. The van der Waals surface area contributed by atoms with Crippen molar-refractivity contribution in [3.8, 4) is 5.75 Å². The SMILES string of the molecule is Cc1nc2c(F)ccc3c2n1[C@H](C)CO3. The van der Waals surface area contributed by atoms with Crippen molar-refractivity contribution in [3.63, 3.8) is 0 Å². The molecule has 0 spiro atoms. The highest BCUT2D eigenvalue weighted by Gasteiger charge is 2.23. The number of imidazole rings is 1. The van der Waals surface area contributed by atoms with E-state index in [0.29, 0.717) is 12.1 Å². The highest BCUT2D eigenvalue weighted by Crippen LogP contribution is 2.34. The summed E-state index contributed by atoms with van der Waals surface area (Å²) in [5.41, 5.74) is 1.20. The summed E-state index contributed by atoms with van der Waals surface area (Å²) in [5.74, 6) is 1.28. The van der Waals surface area contributed by atoms with Crippen LogP contribution in [-0.4, -0.2) is 16.2 Å². The molecule has 4 heteroatoms. The molecular weight excluding hydrogens is 195 g/mol. The molecule has 0 aliphatic carbocycles. The van der Waals surface area contributed by atoms with Crippen molar-refractivity contribution in [3.05, 3.63) is 23.8 Å². The average Bonchev–Trinajstić information content (AvgIpc) is 2.56. The average molecular weight is 206 g/mol. The molecule has 2 heterocycles. The van der Waals surface area contributed by atoms with Crippen LogP contribution in [0.1, 0.15) is 18.8 Å². The van der Waals surface area contributed by atoms with Crippen LogP contribution in [0, 0.1) is 12.7 Å². The molecule has 0 N–H and O–H groups in total. The monoisotopic (exact) mass is 206 g/mol. The van der Waals surface area contributed by atoms with E-state index in [-0.39, 0.29) is 11.9 Å². The molecule has 0 saturated heterocycles. The number of nitrogens with zero attached hydrogens (tertiary/aromatic N) is 2. The molecule has 3 rings (SSSR count). The van der Waals surface area contributed by atoms with Gasteiger partial charge in [0, 0.05) is 0 Å². The van der Waals surface area contributed by atoms with Crippen molar-refractivity contribution in [1.82, 2.24) is 9.55 Å². The Bertz CT molecular complexity index is 547. The first-order valence-corrected chi connectivity index (χ1v) is 4.98. The van der Waals surface area contributed by atoms with Crippen LogP contribution in [0.3, 0.4) is 0 Å². The summed E-state index contributed by atoms with van der Waals surface area (Å²) >= 11 is 0. The fraction of sp³-hybridized carbons (Fsp3) is 0.364. The number of rotatable bonds is 0. The number of benzene rings is 1. The maximum atomic E-state index is 13.5. The van der Waals surface area contributed by atoms with E-state index in [0.717, 1.165) is 17.1 Å². The lowest BCUT2D eigenvalue weighted by Crippen LogP contribution is -2.20.